The molecule has 0 amide bonds. The molecule has 0 saturated carbocycles. The minimum atomic E-state index is -1.06. The van der Waals surface area contributed by atoms with Crippen LogP contribution >= 0.6 is 0 Å². The molecule has 2 aromatic rings. The number of ketones is 1. The van der Waals surface area contributed by atoms with Gasteiger partial charge >= 0.3 is 5.97 Å². The smallest absolute Gasteiger partial charge is 0.344 e. The highest BCUT2D eigenvalue weighted by Crippen LogP contribution is 2.35. The molecule has 2 aromatic carbocycles. The maximum absolute atomic E-state index is 12.4. The van der Waals surface area contributed by atoms with Gasteiger partial charge in [0, 0.05) is 17.2 Å². The number of ether oxygens (including phenoxy) is 4. The summed E-state index contributed by atoms with van der Waals surface area (Å²) in [5, 5.41) is 8.86. The van der Waals surface area contributed by atoms with E-state index >= 15 is 0 Å². The largest absolute Gasteiger partial charge is 0.496 e. The minimum Gasteiger partial charge on any atom is -0.496 e. The quantitative estimate of drug-likeness (QED) is 0.521. The second-order valence-electron chi connectivity index (χ2n) is 5.77. The van der Waals surface area contributed by atoms with Gasteiger partial charge in [-0.25, -0.2) is 4.79 Å². The zero-order valence-electron chi connectivity index (χ0n) is 16.1. The number of benzene rings is 2. The van der Waals surface area contributed by atoms with Crippen molar-refractivity contribution in [3.8, 4) is 23.0 Å². The lowest BCUT2D eigenvalue weighted by atomic mass is 10.1. The van der Waals surface area contributed by atoms with Crippen LogP contribution in [-0.2, 0) is 4.79 Å². The molecule has 0 aliphatic heterocycles. The van der Waals surface area contributed by atoms with Crippen molar-refractivity contribution in [2.75, 3.05) is 21.3 Å². The number of carboxylic acid groups (broad SMARTS) is 1. The Morgan fingerprint density at radius 3 is 2.04 bits per heavy atom. The molecular formula is C21H22O7. The average Bonchev–Trinajstić information content (AvgIpc) is 2.71. The van der Waals surface area contributed by atoms with Gasteiger partial charge in [0.1, 0.15) is 11.5 Å². The topological polar surface area (TPSA) is 91.3 Å². The number of carbonyl (C=O) groups excluding carboxylic acids is 1. The standard InChI is InChI=1S/C21H22O7/c1-13(21(23)24)28-16-8-5-14(6-9-16)17(22)10-7-15-11-19(26-3)20(27-4)12-18(15)25-2/h5-13H,1-4H3,(H,23,24)/b10-7+. The van der Waals surface area contributed by atoms with Gasteiger partial charge in [0.15, 0.2) is 23.4 Å². The van der Waals surface area contributed by atoms with Gasteiger partial charge in [0.2, 0.25) is 0 Å². The number of hydrogen-bond donors (Lipinski definition) is 1. The third-order valence-electron chi connectivity index (χ3n) is 3.95. The molecule has 0 radical (unpaired) electrons. The first kappa shape index (κ1) is 20.8. The van der Waals surface area contributed by atoms with Crippen LogP contribution in [0.4, 0.5) is 0 Å². The summed E-state index contributed by atoms with van der Waals surface area (Å²) in [6.45, 7) is 1.43. The van der Waals surface area contributed by atoms with Crippen LogP contribution in [-0.4, -0.2) is 44.3 Å². The molecule has 0 bridgehead atoms. The minimum absolute atomic E-state index is 0.227. The van der Waals surface area contributed by atoms with Crippen molar-refractivity contribution < 1.29 is 33.6 Å². The molecule has 148 valence electrons. The van der Waals surface area contributed by atoms with Crippen LogP contribution in [0.1, 0.15) is 22.8 Å². The van der Waals surface area contributed by atoms with E-state index in [-0.39, 0.29) is 5.78 Å². The Kier molecular flexibility index (Phi) is 7.03. The van der Waals surface area contributed by atoms with E-state index in [0.717, 1.165) is 0 Å². The monoisotopic (exact) mass is 386 g/mol. The fourth-order valence-corrected chi connectivity index (χ4v) is 2.40. The molecule has 0 fully saturated rings. The highest BCUT2D eigenvalue weighted by molar-refractivity contribution is 6.07. The third kappa shape index (κ3) is 5.03. The van der Waals surface area contributed by atoms with Gasteiger partial charge in [-0.1, -0.05) is 0 Å². The number of methoxy groups -OCH3 is 3. The first-order valence-electron chi connectivity index (χ1n) is 8.41. The number of carboxylic acids is 1. The van der Waals surface area contributed by atoms with E-state index in [1.165, 1.54) is 34.3 Å². The lowest BCUT2D eigenvalue weighted by molar-refractivity contribution is -0.144. The number of allylic oxidation sites excluding steroid dienone is 1. The summed E-state index contributed by atoms with van der Waals surface area (Å²) in [6.07, 6.45) is 2.07. The normalized spacial score (nSPS) is 11.7. The Hall–Kier alpha value is -3.48. The van der Waals surface area contributed by atoms with Crippen LogP contribution in [0.2, 0.25) is 0 Å². The highest BCUT2D eigenvalue weighted by atomic mass is 16.5. The summed E-state index contributed by atoms with van der Waals surface area (Å²) in [5.41, 5.74) is 1.09. The summed E-state index contributed by atoms with van der Waals surface area (Å²) in [7, 11) is 4.58. The van der Waals surface area contributed by atoms with Gasteiger partial charge in [0.05, 0.1) is 21.3 Å². The predicted octanol–water partition coefficient (Wildman–Crippen LogP) is 3.46. The van der Waals surface area contributed by atoms with Gasteiger partial charge in [-0.3, -0.25) is 4.79 Å². The molecule has 1 atom stereocenters. The summed E-state index contributed by atoms with van der Waals surface area (Å²) >= 11 is 0. The number of hydrogen-bond acceptors (Lipinski definition) is 6. The molecule has 0 spiro atoms. The molecule has 0 aliphatic rings. The van der Waals surface area contributed by atoms with E-state index in [1.807, 2.05) is 0 Å². The van der Waals surface area contributed by atoms with Crippen molar-refractivity contribution >= 4 is 17.8 Å². The molecule has 0 aliphatic carbocycles. The SMILES string of the molecule is COc1cc(OC)c(OC)cc1/C=C/C(=O)c1ccc(OC(C)C(=O)O)cc1. The van der Waals surface area contributed by atoms with Gasteiger partial charge in [0.25, 0.3) is 0 Å². The van der Waals surface area contributed by atoms with Gasteiger partial charge in [-0.2, -0.15) is 0 Å². The third-order valence-corrected chi connectivity index (χ3v) is 3.95. The van der Waals surface area contributed by atoms with Gasteiger partial charge in [-0.05, 0) is 49.4 Å². The zero-order chi connectivity index (χ0) is 20.7. The van der Waals surface area contributed by atoms with Crippen molar-refractivity contribution in [2.45, 2.75) is 13.0 Å². The Morgan fingerprint density at radius 1 is 0.929 bits per heavy atom. The maximum Gasteiger partial charge on any atom is 0.344 e. The van der Waals surface area contributed by atoms with Crippen molar-refractivity contribution in [2.24, 2.45) is 0 Å². The van der Waals surface area contributed by atoms with Crippen molar-refractivity contribution in [3.05, 3.63) is 53.6 Å². The van der Waals surface area contributed by atoms with Crippen LogP contribution in [0.5, 0.6) is 23.0 Å². The highest BCUT2D eigenvalue weighted by Gasteiger charge is 2.13. The summed E-state index contributed by atoms with van der Waals surface area (Å²) < 4.78 is 21.1. The second-order valence-corrected chi connectivity index (χ2v) is 5.77. The molecular weight excluding hydrogens is 364 g/mol. The molecule has 0 heterocycles. The summed E-state index contributed by atoms with van der Waals surface area (Å²) in [4.78, 5) is 23.2. The Balaban J connectivity index is 2.18. The van der Waals surface area contributed by atoms with Crippen molar-refractivity contribution in [1.82, 2.24) is 0 Å². The van der Waals surface area contributed by atoms with Gasteiger partial charge in [-0.15, -0.1) is 0 Å². The van der Waals surface area contributed by atoms with E-state index in [9.17, 15) is 9.59 Å². The predicted molar refractivity (Wildman–Crippen MR) is 104 cm³/mol. The average molecular weight is 386 g/mol. The fraction of sp³-hybridized carbons (Fsp3) is 0.238. The zero-order valence-corrected chi connectivity index (χ0v) is 16.1. The van der Waals surface area contributed by atoms with Crippen molar-refractivity contribution in [3.63, 3.8) is 0 Å². The van der Waals surface area contributed by atoms with E-state index < -0.39 is 12.1 Å². The summed E-state index contributed by atoms with van der Waals surface area (Å²) in [6, 6.07) is 9.64. The van der Waals surface area contributed by atoms with Crippen LogP contribution in [0.25, 0.3) is 6.08 Å². The molecule has 7 heteroatoms. The van der Waals surface area contributed by atoms with E-state index in [1.54, 1.807) is 42.5 Å². The van der Waals surface area contributed by atoms with Crippen LogP contribution in [0.15, 0.2) is 42.5 Å². The fourth-order valence-electron chi connectivity index (χ4n) is 2.40. The Bertz CT molecular complexity index is 869. The number of rotatable bonds is 9. The van der Waals surface area contributed by atoms with Crippen LogP contribution < -0.4 is 18.9 Å². The maximum atomic E-state index is 12.4. The molecule has 0 saturated heterocycles. The number of aliphatic carboxylic acids is 1. The molecule has 1 unspecified atom stereocenters. The number of carbonyl (C=O) groups is 2. The van der Waals surface area contributed by atoms with Crippen molar-refractivity contribution in [1.29, 1.82) is 0 Å². The van der Waals surface area contributed by atoms with E-state index in [2.05, 4.69) is 0 Å². The van der Waals surface area contributed by atoms with E-state index in [0.29, 0.717) is 34.1 Å². The molecule has 7 nitrogen and oxygen atoms in total. The lowest BCUT2D eigenvalue weighted by Crippen LogP contribution is -2.22. The van der Waals surface area contributed by atoms with Crippen LogP contribution in [0.3, 0.4) is 0 Å². The lowest BCUT2D eigenvalue weighted by Gasteiger charge is -2.12. The van der Waals surface area contributed by atoms with E-state index in [4.69, 9.17) is 24.1 Å². The Labute approximate surface area is 163 Å². The summed E-state index contributed by atoms with van der Waals surface area (Å²) in [5.74, 6) is 0.658. The molecule has 1 N–H and O–H groups in total. The van der Waals surface area contributed by atoms with Crippen LogP contribution in [0, 0.1) is 0 Å². The first-order valence-corrected chi connectivity index (χ1v) is 8.41. The molecule has 0 aromatic heterocycles. The molecule has 28 heavy (non-hydrogen) atoms. The Morgan fingerprint density at radius 2 is 1.50 bits per heavy atom. The molecule has 2 rings (SSSR count). The van der Waals surface area contributed by atoms with Gasteiger partial charge < -0.3 is 24.1 Å². The first-order chi connectivity index (χ1) is 13.4. The second kappa shape index (κ2) is 9.45.